The molecule has 1 saturated heterocycles. The number of ether oxygens (including phenoxy) is 2. The standard InChI is InChI=1S/C11H15BF3N2O2/c1-17-2-3-18-11(7-17)8-19-10-4-9(5-16-6-10)12(13,14)15/h4-6,11H,2-3,7-8H2,1H3/q-1. The van der Waals surface area contributed by atoms with Gasteiger partial charge in [0.15, 0.2) is 0 Å². The molecule has 8 heteroatoms. The summed E-state index contributed by atoms with van der Waals surface area (Å²) in [7, 11) is 1.96. The van der Waals surface area contributed by atoms with Gasteiger partial charge in [0.25, 0.3) is 0 Å². The first-order valence-corrected chi connectivity index (χ1v) is 6.03. The predicted octanol–water partition coefficient (Wildman–Crippen LogP) is 0.845. The summed E-state index contributed by atoms with van der Waals surface area (Å²) in [5.41, 5.74) is -0.751. The van der Waals surface area contributed by atoms with Crippen LogP contribution in [0.5, 0.6) is 5.75 Å². The second kappa shape index (κ2) is 5.79. The van der Waals surface area contributed by atoms with Gasteiger partial charge in [0.1, 0.15) is 18.5 Å². The van der Waals surface area contributed by atoms with Gasteiger partial charge < -0.3 is 27.3 Å². The van der Waals surface area contributed by atoms with E-state index < -0.39 is 12.4 Å². The Labute approximate surface area is 109 Å². The highest BCUT2D eigenvalue weighted by atomic mass is 19.4. The average Bonchev–Trinajstić information content (AvgIpc) is 2.36. The SMILES string of the molecule is CN1CCOC(COc2cncc([B-](F)(F)F)c2)C1. The molecule has 1 aliphatic rings. The third-order valence-electron chi connectivity index (χ3n) is 2.89. The molecule has 1 aliphatic heterocycles. The van der Waals surface area contributed by atoms with Gasteiger partial charge in [0.05, 0.1) is 12.8 Å². The summed E-state index contributed by atoms with van der Waals surface area (Å²) in [5.74, 6) is 0.119. The van der Waals surface area contributed by atoms with Gasteiger partial charge in [0.2, 0.25) is 0 Å². The largest absolute Gasteiger partial charge is 0.511 e. The van der Waals surface area contributed by atoms with Gasteiger partial charge in [-0.3, -0.25) is 4.98 Å². The zero-order valence-corrected chi connectivity index (χ0v) is 10.6. The van der Waals surface area contributed by atoms with E-state index in [0.717, 1.165) is 18.8 Å². The van der Waals surface area contributed by atoms with Crippen LogP contribution in [0, 0.1) is 0 Å². The molecule has 4 nitrogen and oxygen atoms in total. The lowest BCUT2D eigenvalue weighted by molar-refractivity contribution is -0.0403. The topological polar surface area (TPSA) is 34.6 Å². The Hall–Kier alpha value is -1.28. The van der Waals surface area contributed by atoms with Gasteiger partial charge in [-0.1, -0.05) is 5.46 Å². The Morgan fingerprint density at radius 2 is 2.26 bits per heavy atom. The van der Waals surface area contributed by atoms with Crippen LogP contribution < -0.4 is 10.2 Å². The fourth-order valence-electron chi connectivity index (χ4n) is 1.85. The molecule has 2 heterocycles. The number of likely N-dealkylation sites (N-methyl/N-ethyl adjacent to an activating group) is 1. The Kier molecular flexibility index (Phi) is 4.31. The maximum Gasteiger partial charge on any atom is 0.511 e. The highest BCUT2D eigenvalue weighted by molar-refractivity contribution is 6.73. The van der Waals surface area contributed by atoms with Crippen molar-refractivity contribution in [2.24, 2.45) is 0 Å². The summed E-state index contributed by atoms with van der Waals surface area (Å²) in [5, 5.41) is 0. The van der Waals surface area contributed by atoms with Crippen molar-refractivity contribution in [1.82, 2.24) is 9.88 Å². The maximum absolute atomic E-state index is 12.5. The first-order valence-electron chi connectivity index (χ1n) is 6.03. The van der Waals surface area contributed by atoms with Crippen molar-refractivity contribution in [3.63, 3.8) is 0 Å². The van der Waals surface area contributed by atoms with Crippen LogP contribution in [0.25, 0.3) is 0 Å². The second-order valence-electron chi connectivity index (χ2n) is 4.59. The molecule has 0 radical (unpaired) electrons. The fourth-order valence-corrected chi connectivity index (χ4v) is 1.85. The number of pyridine rings is 1. The quantitative estimate of drug-likeness (QED) is 0.763. The van der Waals surface area contributed by atoms with E-state index in [2.05, 4.69) is 9.88 Å². The van der Waals surface area contributed by atoms with E-state index in [1.54, 1.807) is 0 Å². The summed E-state index contributed by atoms with van der Waals surface area (Å²) >= 11 is 0. The van der Waals surface area contributed by atoms with Crippen molar-refractivity contribution in [1.29, 1.82) is 0 Å². The van der Waals surface area contributed by atoms with Crippen LogP contribution in [0.15, 0.2) is 18.5 Å². The molecule has 0 aromatic carbocycles. The molecular weight excluding hydrogens is 260 g/mol. The van der Waals surface area contributed by atoms with Crippen LogP contribution >= 0.6 is 0 Å². The first kappa shape index (κ1) is 14.1. The highest BCUT2D eigenvalue weighted by Crippen LogP contribution is 2.14. The summed E-state index contributed by atoms with van der Waals surface area (Å²) in [4.78, 5) is 5.64. The molecule has 1 fully saturated rings. The predicted molar refractivity (Wildman–Crippen MR) is 65.7 cm³/mol. The second-order valence-corrected chi connectivity index (χ2v) is 4.59. The number of aromatic nitrogens is 1. The molecule has 0 bridgehead atoms. The van der Waals surface area contributed by atoms with Gasteiger partial charge in [0, 0.05) is 19.3 Å². The van der Waals surface area contributed by atoms with E-state index in [-0.39, 0.29) is 18.5 Å². The highest BCUT2D eigenvalue weighted by Gasteiger charge is 2.26. The summed E-state index contributed by atoms with van der Waals surface area (Å²) in [6.07, 6.45) is 1.95. The molecule has 1 unspecified atom stereocenters. The minimum atomic E-state index is -5.05. The molecule has 19 heavy (non-hydrogen) atoms. The molecule has 0 aliphatic carbocycles. The molecule has 2 rings (SSSR count). The van der Waals surface area contributed by atoms with E-state index in [0.29, 0.717) is 13.2 Å². The minimum Gasteiger partial charge on any atom is -0.489 e. The molecule has 106 valence electrons. The third kappa shape index (κ3) is 4.10. The molecule has 0 spiro atoms. The van der Waals surface area contributed by atoms with Crippen molar-refractivity contribution in [3.05, 3.63) is 18.5 Å². The average molecular weight is 275 g/mol. The minimum absolute atomic E-state index is 0.119. The lowest BCUT2D eigenvalue weighted by Gasteiger charge is -2.29. The first-order chi connectivity index (χ1) is 8.95. The molecule has 0 saturated carbocycles. The van der Waals surface area contributed by atoms with Gasteiger partial charge >= 0.3 is 6.98 Å². The van der Waals surface area contributed by atoms with Crippen LogP contribution in [0.3, 0.4) is 0 Å². The Bertz CT molecular complexity index is 431. The van der Waals surface area contributed by atoms with Gasteiger partial charge in [-0.15, -0.1) is 0 Å². The number of morpholine rings is 1. The van der Waals surface area contributed by atoms with Crippen LogP contribution in [0.4, 0.5) is 12.9 Å². The summed E-state index contributed by atoms with van der Waals surface area (Å²) in [6.45, 7) is -2.66. The maximum atomic E-state index is 12.5. The van der Waals surface area contributed by atoms with E-state index in [9.17, 15) is 12.9 Å². The molecular formula is C11H15BF3N2O2-. The van der Waals surface area contributed by atoms with Crippen molar-refractivity contribution in [2.75, 3.05) is 33.4 Å². The monoisotopic (exact) mass is 275 g/mol. The van der Waals surface area contributed by atoms with E-state index in [1.165, 1.54) is 6.20 Å². The number of nitrogens with zero attached hydrogens (tertiary/aromatic N) is 2. The lowest BCUT2D eigenvalue weighted by Crippen LogP contribution is -2.42. The van der Waals surface area contributed by atoms with Gasteiger partial charge in [-0.05, 0) is 13.1 Å². The van der Waals surface area contributed by atoms with Crippen molar-refractivity contribution in [2.45, 2.75) is 6.10 Å². The zero-order chi connectivity index (χ0) is 13.9. The van der Waals surface area contributed by atoms with Crippen molar-refractivity contribution < 1.29 is 22.4 Å². The fraction of sp³-hybridized carbons (Fsp3) is 0.545. The molecule has 0 N–H and O–H groups in total. The van der Waals surface area contributed by atoms with Crippen LogP contribution in [-0.4, -0.2) is 56.3 Å². The van der Waals surface area contributed by atoms with Crippen molar-refractivity contribution >= 4 is 12.4 Å². The van der Waals surface area contributed by atoms with E-state index in [1.807, 2.05) is 7.05 Å². The lowest BCUT2D eigenvalue weighted by atomic mass is 9.81. The zero-order valence-electron chi connectivity index (χ0n) is 10.6. The third-order valence-corrected chi connectivity index (χ3v) is 2.89. The van der Waals surface area contributed by atoms with E-state index in [4.69, 9.17) is 9.47 Å². The Balaban J connectivity index is 1.92. The van der Waals surface area contributed by atoms with Crippen molar-refractivity contribution in [3.8, 4) is 5.75 Å². The number of halogens is 3. The Morgan fingerprint density at radius 1 is 1.47 bits per heavy atom. The summed E-state index contributed by atoms with van der Waals surface area (Å²) < 4.78 is 48.4. The number of hydrogen-bond acceptors (Lipinski definition) is 4. The summed E-state index contributed by atoms with van der Waals surface area (Å²) in [6, 6.07) is 0.972. The van der Waals surface area contributed by atoms with Crippen LogP contribution in [0.1, 0.15) is 0 Å². The van der Waals surface area contributed by atoms with E-state index >= 15 is 0 Å². The molecule has 1 atom stereocenters. The molecule has 1 aromatic heterocycles. The van der Waals surface area contributed by atoms with Crippen LogP contribution in [0.2, 0.25) is 0 Å². The number of hydrogen-bond donors (Lipinski definition) is 0. The molecule has 0 amide bonds. The smallest absolute Gasteiger partial charge is 0.489 e. The normalized spacial score (nSPS) is 21.4. The molecule has 1 aromatic rings. The van der Waals surface area contributed by atoms with Gasteiger partial charge in [-0.2, -0.15) is 0 Å². The number of rotatable bonds is 4. The van der Waals surface area contributed by atoms with Crippen LogP contribution in [-0.2, 0) is 4.74 Å². The Morgan fingerprint density at radius 3 is 2.95 bits per heavy atom. The van der Waals surface area contributed by atoms with Gasteiger partial charge in [-0.25, -0.2) is 0 Å².